The number of halogens is 1. The molecule has 42 heavy (non-hydrogen) atoms. The number of likely N-dealkylation sites (tertiary alicyclic amines) is 1. The van der Waals surface area contributed by atoms with E-state index in [0.717, 1.165) is 56.2 Å². The molecule has 2 aliphatic heterocycles. The Bertz CT molecular complexity index is 1330. The van der Waals surface area contributed by atoms with Gasteiger partial charge in [-0.15, -0.1) is 0 Å². The van der Waals surface area contributed by atoms with Gasteiger partial charge in [-0.1, -0.05) is 73.8 Å². The van der Waals surface area contributed by atoms with Crippen LogP contribution in [0.25, 0.3) is 10.8 Å². The lowest BCUT2D eigenvalue weighted by molar-refractivity contribution is -0.133. The fourth-order valence-corrected chi connectivity index (χ4v) is 6.62. The van der Waals surface area contributed by atoms with Gasteiger partial charge in [0.1, 0.15) is 0 Å². The Hall–Kier alpha value is -2.93. The Balaban J connectivity index is 1.26. The molecule has 0 aromatic heterocycles. The van der Waals surface area contributed by atoms with E-state index in [1.807, 2.05) is 42.5 Å². The van der Waals surface area contributed by atoms with Crippen molar-refractivity contribution in [1.29, 1.82) is 0 Å². The largest absolute Gasteiger partial charge is 0.350 e. The number of nitrogens with zero attached hydrogens (tertiary/aromatic N) is 2. The Morgan fingerprint density at radius 2 is 1.71 bits per heavy atom. The summed E-state index contributed by atoms with van der Waals surface area (Å²) in [6, 6.07) is 21.7. The van der Waals surface area contributed by atoms with E-state index in [4.69, 9.17) is 11.6 Å². The average molecular weight is 589 g/mol. The summed E-state index contributed by atoms with van der Waals surface area (Å²) in [6.07, 6.45) is 7.65. The smallest absolute Gasteiger partial charge is 0.251 e. The van der Waals surface area contributed by atoms with E-state index in [1.54, 1.807) is 0 Å². The van der Waals surface area contributed by atoms with E-state index >= 15 is 0 Å². The molecule has 2 heterocycles. The fraction of sp³-hybridized carbons (Fsp3) is 0.486. The molecule has 0 spiro atoms. The van der Waals surface area contributed by atoms with E-state index in [2.05, 4.69) is 51.6 Å². The van der Waals surface area contributed by atoms with Crippen LogP contribution in [0.5, 0.6) is 0 Å². The molecule has 3 atom stereocenters. The third-order valence-electron chi connectivity index (χ3n) is 9.00. The highest BCUT2D eigenvalue weighted by Crippen LogP contribution is 2.24. The standard InChI is InChI=1S/C35H45ClN4O2/c1-2-26(27-10-6-5-7-11-27)25-40-21-16-32(38-33(35(40)42)17-20-39-18-8-3-4-9-19-39)24-37-34(41)30-13-12-29-23-31(36)15-14-28(29)22-30/h5-7,10-15,22-23,26,32-33,38H,2-4,8-9,16-21,24-25H2,1H3,(H,37,41)/t26-,32-,33-/m1/s1. The summed E-state index contributed by atoms with van der Waals surface area (Å²) < 4.78 is 0. The first-order valence-electron chi connectivity index (χ1n) is 15.8. The molecule has 224 valence electrons. The molecule has 2 aliphatic rings. The third kappa shape index (κ3) is 8.12. The second-order valence-corrected chi connectivity index (χ2v) is 12.4. The lowest BCUT2D eigenvalue weighted by Crippen LogP contribution is -2.50. The fourth-order valence-electron chi connectivity index (χ4n) is 6.44. The highest BCUT2D eigenvalue weighted by molar-refractivity contribution is 6.31. The van der Waals surface area contributed by atoms with Crippen LogP contribution in [0, 0.1) is 0 Å². The van der Waals surface area contributed by atoms with Gasteiger partial charge in [0.2, 0.25) is 5.91 Å². The van der Waals surface area contributed by atoms with Gasteiger partial charge in [-0.05, 0) is 85.8 Å². The second-order valence-electron chi connectivity index (χ2n) is 12.0. The minimum absolute atomic E-state index is 0.0214. The highest BCUT2D eigenvalue weighted by Gasteiger charge is 2.32. The zero-order valence-electron chi connectivity index (χ0n) is 24.9. The van der Waals surface area contributed by atoms with Gasteiger partial charge in [-0.3, -0.25) is 9.59 Å². The van der Waals surface area contributed by atoms with Crippen molar-refractivity contribution in [3.8, 4) is 0 Å². The van der Waals surface area contributed by atoms with E-state index in [9.17, 15) is 9.59 Å². The molecule has 6 nitrogen and oxygen atoms in total. The molecule has 3 aromatic carbocycles. The van der Waals surface area contributed by atoms with Crippen LogP contribution in [0.4, 0.5) is 0 Å². The minimum atomic E-state index is -0.253. The monoisotopic (exact) mass is 588 g/mol. The number of hydrogen-bond acceptors (Lipinski definition) is 4. The molecule has 0 aliphatic carbocycles. The van der Waals surface area contributed by atoms with Gasteiger partial charge in [0.25, 0.3) is 5.91 Å². The Labute approximate surface area is 255 Å². The summed E-state index contributed by atoms with van der Waals surface area (Å²) in [5.74, 6) is 0.402. The van der Waals surface area contributed by atoms with Crippen LogP contribution in [0.15, 0.2) is 66.7 Å². The molecule has 0 unspecified atom stereocenters. The molecule has 0 saturated carbocycles. The van der Waals surface area contributed by atoms with E-state index in [0.29, 0.717) is 29.6 Å². The Kier molecular flexibility index (Phi) is 10.9. The predicted molar refractivity (Wildman–Crippen MR) is 172 cm³/mol. The molecule has 2 amide bonds. The van der Waals surface area contributed by atoms with E-state index in [-0.39, 0.29) is 23.9 Å². The van der Waals surface area contributed by atoms with Gasteiger partial charge in [0.05, 0.1) is 6.04 Å². The summed E-state index contributed by atoms with van der Waals surface area (Å²) in [5, 5.41) is 9.50. The zero-order chi connectivity index (χ0) is 29.3. The summed E-state index contributed by atoms with van der Waals surface area (Å²) in [7, 11) is 0. The molecule has 2 fully saturated rings. The molecule has 0 radical (unpaired) electrons. The number of amides is 2. The van der Waals surface area contributed by atoms with Crippen LogP contribution in [0.3, 0.4) is 0 Å². The Morgan fingerprint density at radius 1 is 0.976 bits per heavy atom. The van der Waals surface area contributed by atoms with Crippen molar-refractivity contribution in [3.63, 3.8) is 0 Å². The van der Waals surface area contributed by atoms with Crippen molar-refractivity contribution in [2.75, 3.05) is 39.3 Å². The molecule has 3 aromatic rings. The summed E-state index contributed by atoms with van der Waals surface area (Å²) in [6.45, 7) is 7.26. The molecule has 2 saturated heterocycles. The first kappa shape index (κ1) is 30.5. The second kappa shape index (κ2) is 15.0. The normalized spacial score (nSPS) is 21.1. The number of carbonyl (C=O) groups excluding carboxylic acids is 2. The molecular weight excluding hydrogens is 544 g/mol. The molecule has 2 N–H and O–H groups in total. The van der Waals surface area contributed by atoms with Crippen molar-refractivity contribution in [2.45, 2.75) is 69.9 Å². The van der Waals surface area contributed by atoms with Crippen molar-refractivity contribution in [1.82, 2.24) is 20.4 Å². The molecule has 0 bridgehead atoms. The maximum Gasteiger partial charge on any atom is 0.251 e. The van der Waals surface area contributed by atoms with Gasteiger partial charge in [0.15, 0.2) is 0 Å². The highest BCUT2D eigenvalue weighted by atomic mass is 35.5. The van der Waals surface area contributed by atoms with Crippen LogP contribution in [0.2, 0.25) is 5.02 Å². The maximum atomic E-state index is 14.0. The summed E-state index contributed by atoms with van der Waals surface area (Å²) in [5.41, 5.74) is 1.91. The lowest BCUT2D eigenvalue weighted by atomic mass is 9.95. The molecule has 5 rings (SSSR count). The number of benzene rings is 3. The summed E-state index contributed by atoms with van der Waals surface area (Å²) >= 11 is 6.13. The van der Waals surface area contributed by atoms with Crippen molar-refractivity contribution >= 4 is 34.2 Å². The molecule has 7 heteroatoms. The quantitative estimate of drug-likeness (QED) is 0.294. The van der Waals surface area contributed by atoms with Crippen molar-refractivity contribution in [2.24, 2.45) is 0 Å². The topological polar surface area (TPSA) is 64.7 Å². The lowest BCUT2D eigenvalue weighted by Gasteiger charge is -2.29. The number of rotatable bonds is 10. The van der Waals surface area contributed by atoms with Gasteiger partial charge >= 0.3 is 0 Å². The van der Waals surface area contributed by atoms with Gasteiger partial charge < -0.3 is 20.4 Å². The SMILES string of the molecule is CC[C@H](CN1CC[C@H](CNC(=O)c2ccc3cc(Cl)ccc3c2)N[C@H](CCN2CCCCCC2)C1=O)c1ccccc1. The molecular formula is C35H45ClN4O2. The van der Waals surface area contributed by atoms with Gasteiger partial charge in [-0.2, -0.15) is 0 Å². The summed E-state index contributed by atoms with van der Waals surface area (Å²) in [4.78, 5) is 31.7. The number of carbonyl (C=O) groups is 2. The van der Waals surface area contributed by atoms with E-state index in [1.165, 1.54) is 31.2 Å². The predicted octanol–water partition coefficient (Wildman–Crippen LogP) is 6.24. The maximum absolute atomic E-state index is 14.0. The van der Waals surface area contributed by atoms with Gasteiger partial charge in [-0.25, -0.2) is 0 Å². The average Bonchev–Trinajstić information content (AvgIpc) is 3.37. The number of fused-ring (bicyclic) bond motifs is 1. The Morgan fingerprint density at radius 3 is 2.48 bits per heavy atom. The van der Waals surface area contributed by atoms with Crippen LogP contribution in [-0.2, 0) is 4.79 Å². The van der Waals surface area contributed by atoms with Crippen molar-refractivity contribution in [3.05, 3.63) is 82.9 Å². The van der Waals surface area contributed by atoms with Crippen LogP contribution < -0.4 is 10.6 Å². The first-order chi connectivity index (χ1) is 20.5. The van der Waals surface area contributed by atoms with Crippen LogP contribution >= 0.6 is 11.6 Å². The van der Waals surface area contributed by atoms with Gasteiger partial charge in [0, 0.05) is 48.7 Å². The number of nitrogens with one attached hydrogen (secondary N) is 2. The van der Waals surface area contributed by atoms with Crippen LogP contribution in [-0.4, -0.2) is 73.0 Å². The van der Waals surface area contributed by atoms with E-state index < -0.39 is 0 Å². The first-order valence-corrected chi connectivity index (χ1v) is 16.2. The minimum Gasteiger partial charge on any atom is -0.350 e. The van der Waals surface area contributed by atoms with Crippen molar-refractivity contribution < 1.29 is 9.59 Å². The third-order valence-corrected chi connectivity index (χ3v) is 9.24. The number of hydrogen-bond donors (Lipinski definition) is 2. The zero-order valence-corrected chi connectivity index (χ0v) is 25.6. The van der Waals surface area contributed by atoms with Crippen LogP contribution in [0.1, 0.15) is 73.7 Å².